The van der Waals surface area contributed by atoms with Gasteiger partial charge in [-0.25, -0.2) is 4.98 Å². The third-order valence-corrected chi connectivity index (χ3v) is 5.17. The molecule has 2 aliphatic rings. The average Bonchev–Trinajstić information content (AvgIpc) is 2.69. The van der Waals surface area contributed by atoms with E-state index in [0.29, 0.717) is 0 Å². The Morgan fingerprint density at radius 1 is 1.00 bits per heavy atom. The van der Waals surface area contributed by atoms with Crippen molar-refractivity contribution in [3.8, 4) is 0 Å². The van der Waals surface area contributed by atoms with Gasteiger partial charge in [-0.15, -0.1) is 0 Å². The van der Waals surface area contributed by atoms with Crippen LogP contribution in [0.5, 0.6) is 0 Å². The lowest BCUT2D eigenvalue weighted by Gasteiger charge is -2.29. The third kappa shape index (κ3) is 4.20. The lowest BCUT2D eigenvalue weighted by molar-refractivity contribution is 0.0398. The molecule has 0 bridgehead atoms. The maximum absolute atomic E-state index is 6.23. The van der Waals surface area contributed by atoms with E-state index in [1.54, 1.807) is 0 Å². The molecule has 0 radical (unpaired) electrons. The van der Waals surface area contributed by atoms with Crippen molar-refractivity contribution < 1.29 is 9.47 Å². The predicted octanol–water partition coefficient (Wildman–Crippen LogP) is 2.47. The number of fused-ring (bicyclic) bond motifs is 1. The van der Waals surface area contributed by atoms with Crippen LogP contribution in [0, 0.1) is 0 Å². The molecule has 6 nitrogen and oxygen atoms in total. The van der Waals surface area contributed by atoms with E-state index >= 15 is 0 Å². The Hall–Kier alpha value is -1.60. The molecule has 26 heavy (non-hydrogen) atoms. The maximum atomic E-state index is 6.23. The highest BCUT2D eigenvalue weighted by atomic mass is 35.5. The van der Waals surface area contributed by atoms with Gasteiger partial charge in [0.25, 0.3) is 0 Å². The van der Waals surface area contributed by atoms with Crippen molar-refractivity contribution >= 4 is 34.0 Å². The molecule has 0 aliphatic carbocycles. The van der Waals surface area contributed by atoms with Crippen molar-refractivity contribution in [1.29, 1.82) is 0 Å². The van der Waals surface area contributed by atoms with Crippen molar-refractivity contribution in [2.75, 3.05) is 75.9 Å². The normalized spacial score (nSPS) is 19.0. The number of nitrogens with zero attached hydrogens (tertiary/aromatic N) is 3. The van der Waals surface area contributed by atoms with Crippen LogP contribution in [0.2, 0.25) is 5.02 Å². The lowest BCUT2D eigenvalue weighted by Crippen LogP contribution is -2.39. The molecule has 1 N–H and O–H groups in total. The molecule has 0 atom stereocenters. The van der Waals surface area contributed by atoms with Crippen molar-refractivity contribution in [3.63, 3.8) is 0 Å². The number of benzene rings is 1. The van der Waals surface area contributed by atoms with Crippen LogP contribution in [0.25, 0.3) is 10.9 Å². The van der Waals surface area contributed by atoms with E-state index in [0.717, 1.165) is 93.1 Å². The molecule has 0 unspecified atom stereocenters. The van der Waals surface area contributed by atoms with Crippen molar-refractivity contribution in [1.82, 2.24) is 9.88 Å². The zero-order valence-electron chi connectivity index (χ0n) is 14.9. The highest BCUT2D eigenvalue weighted by Gasteiger charge is 2.16. The first-order chi connectivity index (χ1) is 12.8. The van der Waals surface area contributed by atoms with Crippen molar-refractivity contribution in [2.24, 2.45) is 0 Å². The summed E-state index contributed by atoms with van der Waals surface area (Å²) in [5.41, 5.74) is 2.06. The van der Waals surface area contributed by atoms with Gasteiger partial charge in [-0.05, 0) is 18.2 Å². The Balaban J connectivity index is 1.54. The highest BCUT2D eigenvalue weighted by molar-refractivity contribution is 6.31. The quantitative estimate of drug-likeness (QED) is 0.865. The summed E-state index contributed by atoms with van der Waals surface area (Å²) in [5, 5.41) is 5.40. The SMILES string of the molecule is Clc1ccc2nc(N3CCOCC3)cc(NCCN3CCOCC3)c2c1. The van der Waals surface area contributed by atoms with Gasteiger partial charge in [0.2, 0.25) is 0 Å². The molecule has 2 saturated heterocycles. The second-order valence-corrected chi connectivity index (χ2v) is 7.11. The van der Waals surface area contributed by atoms with Gasteiger partial charge in [-0.3, -0.25) is 4.90 Å². The molecule has 2 fully saturated rings. The number of hydrogen-bond acceptors (Lipinski definition) is 6. The highest BCUT2D eigenvalue weighted by Crippen LogP contribution is 2.29. The summed E-state index contributed by atoms with van der Waals surface area (Å²) in [5.74, 6) is 0.997. The molecule has 0 saturated carbocycles. The van der Waals surface area contributed by atoms with E-state index in [2.05, 4.69) is 21.2 Å². The Morgan fingerprint density at radius 3 is 2.50 bits per heavy atom. The van der Waals surface area contributed by atoms with Crippen LogP contribution in [0.4, 0.5) is 11.5 Å². The minimum Gasteiger partial charge on any atom is -0.383 e. The smallest absolute Gasteiger partial charge is 0.131 e. The molecular weight excluding hydrogens is 352 g/mol. The van der Waals surface area contributed by atoms with Gasteiger partial charge in [0.05, 0.1) is 31.9 Å². The van der Waals surface area contributed by atoms with Gasteiger partial charge in [0.15, 0.2) is 0 Å². The van der Waals surface area contributed by atoms with Gasteiger partial charge in [-0.1, -0.05) is 11.6 Å². The second-order valence-electron chi connectivity index (χ2n) is 6.67. The summed E-state index contributed by atoms with van der Waals surface area (Å²) in [6.45, 7) is 8.80. The van der Waals surface area contributed by atoms with Crippen LogP contribution in [0.1, 0.15) is 0 Å². The minimum absolute atomic E-state index is 0.731. The number of halogens is 1. The predicted molar refractivity (Wildman–Crippen MR) is 106 cm³/mol. The average molecular weight is 377 g/mol. The number of aromatic nitrogens is 1. The Morgan fingerprint density at radius 2 is 1.73 bits per heavy atom. The summed E-state index contributed by atoms with van der Waals surface area (Å²) in [6.07, 6.45) is 0. The summed E-state index contributed by atoms with van der Waals surface area (Å²) in [6, 6.07) is 8.03. The van der Waals surface area contributed by atoms with Crippen molar-refractivity contribution in [3.05, 3.63) is 29.3 Å². The first kappa shape index (κ1) is 17.8. The standard InChI is InChI=1S/C19H25ClN4O2/c20-15-1-2-17-16(13-15)18(21-3-4-23-5-9-25-10-6-23)14-19(22-17)24-7-11-26-12-8-24/h1-2,13-14H,3-12H2,(H,21,22). The van der Waals surface area contributed by atoms with Gasteiger partial charge in [0.1, 0.15) is 5.82 Å². The van der Waals surface area contributed by atoms with E-state index in [-0.39, 0.29) is 0 Å². The minimum atomic E-state index is 0.731. The van der Waals surface area contributed by atoms with Crippen molar-refractivity contribution in [2.45, 2.75) is 0 Å². The Labute approximate surface area is 159 Å². The number of anilines is 2. The first-order valence-corrected chi connectivity index (χ1v) is 9.64. The molecule has 2 aliphatic heterocycles. The summed E-state index contributed by atoms with van der Waals surface area (Å²) >= 11 is 6.23. The number of morpholine rings is 2. The number of ether oxygens (including phenoxy) is 2. The zero-order valence-corrected chi connectivity index (χ0v) is 15.7. The Kier molecular flexibility index (Phi) is 5.75. The molecule has 7 heteroatoms. The zero-order chi connectivity index (χ0) is 17.8. The molecule has 3 heterocycles. The van der Waals surface area contributed by atoms with E-state index < -0.39 is 0 Å². The summed E-state index contributed by atoms with van der Waals surface area (Å²) < 4.78 is 10.9. The van der Waals surface area contributed by atoms with Gasteiger partial charge < -0.3 is 19.7 Å². The number of pyridine rings is 1. The molecule has 140 valence electrons. The van der Waals surface area contributed by atoms with Crippen LogP contribution >= 0.6 is 11.6 Å². The maximum Gasteiger partial charge on any atom is 0.131 e. The topological polar surface area (TPSA) is 49.9 Å². The van der Waals surface area contributed by atoms with Gasteiger partial charge in [0, 0.05) is 61.4 Å². The largest absolute Gasteiger partial charge is 0.383 e. The molecular formula is C19H25ClN4O2. The first-order valence-electron chi connectivity index (χ1n) is 9.26. The molecule has 4 rings (SSSR count). The molecule has 1 aromatic carbocycles. The summed E-state index contributed by atoms with van der Waals surface area (Å²) in [7, 11) is 0. The summed E-state index contributed by atoms with van der Waals surface area (Å²) in [4.78, 5) is 9.55. The van der Waals surface area contributed by atoms with Crippen LogP contribution in [0.15, 0.2) is 24.3 Å². The lowest BCUT2D eigenvalue weighted by atomic mass is 10.1. The third-order valence-electron chi connectivity index (χ3n) is 4.94. The van der Waals surface area contributed by atoms with Crippen LogP contribution < -0.4 is 10.2 Å². The van der Waals surface area contributed by atoms with E-state index in [4.69, 9.17) is 26.1 Å². The van der Waals surface area contributed by atoms with Crippen LogP contribution in [0.3, 0.4) is 0 Å². The Bertz CT molecular complexity index is 746. The number of rotatable bonds is 5. The monoisotopic (exact) mass is 376 g/mol. The van der Waals surface area contributed by atoms with Gasteiger partial charge >= 0.3 is 0 Å². The van der Waals surface area contributed by atoms with E-state index in [1.165, 1.54) is 0 Å². The number of hydrogen-bond donors (Lipinski definition) is 1. The fraction of sp³-hybridized carbons (Fsp3) is 0.526. The fourth-order valence-corrected chi connectivity index (χ4v) is 3.63. The van der Waals surface area contributed by atoms with E-state index in [1.807, 2.05) is 18.2 Å². The molecule has 1 aromatic heterocycles. The van der Waals surface area contributed by atoms with Crippen LogP contribution in [-0.4, -0.2) is 75.6 Å². The van der Waals surface area contributed by atoms with Crippen LogP contribution in [-0.2, 0) is 9.47 Å². The van der Waals surface area contributed by atoms with Gasteiger partial charge in [-0.2, -0.15) is 0 Å². The second kappa shape index (κ2) is 8.39. The molecule has 2 aromatic rings. The fourth-order valence-electron chi connectivity index (χ4n) is 3.46. The molecule has 0 amide bonds. The number of nitrogens with one attached hydrogen (secondary N) is 1. The molecule has 0 spiro atoms. The van der Waals surface area contributed by atoms with E-state index in [9.17, 15) is 0 Å².